The van der Waals surface area contributed by atoms with Crippen molar-refractivity contribution in [3.8, 4) is 16.9 Å². The first-order valence-corrected chi connectivity index (χ1v) is 16.2. The maximum absolute atomic E-state index is 12.4. The number of nitrogens with two attached hydrogens (primary N) is 1. The summed E-state index contributed by atoms with van der Waals surface area (Å²) in [7, 11) is 0. The predicted octanol–water partition coefficient (Wildman–Crippen LogP) is 8.12. The Morgan fingerprint density at radius 2 is 1.54 bits per heavy atom. The topological polar surface area (TPSA) is 92.9 Å². The van der Waals surface area contributed by atoms with E-state index in [9.17, 15) is 22.8 Å². The number of hydrogen-bond acceptors (Lipinski definition) is 4. The lowest BCUT2D eigenvalue weighted by atomic mass is 9.83. The fourth-order valence-corrected chi connectivity index (χ4v) is 6.16. The number of amides is 1. The Hall–Kier alpha value is -3.85. The van der Waals surface area contributed by atoms with E-state index < -0.39 is 17.7 Å². The Kier molecular flexibility index (Phi) is 12.3. The molecule has 3 N–H and O–H groups in total. The SMILES string of the molecule is CC(C)COc1c(C2CCN(CCCC(N)=O)CC2)ccc2c1CCCC2.O=C(O)c1ccc(-c2ccc(C(F)(F)F)cc2)cc1. The molecule has 1 aliphatic heterocycles. The molecule has 3 aromatic carbocycles. The number of ether oxygens (including phenoxy) is 1. The van der Waals surface area contributed by atoms with Gasteiger partial charge in [-0.15, -0.1) is 0 Å². The number of likely N-dealkylation sites (tertiary alicyclic amines) is 1. The maximum atomic E-state index is 12.4. The summed E-state index contributed by atoms with van der Waals surface area (Å²) in [5, 5.41) is 8.75. The number of primary amides is 1. The van der Waals surface area contributed by atoms with E-state index in [4.69, 9.17) is 15.6 Å². The molecule has 46 heavy (non-hydrogen) atoms. The summed E-state index contributed by atoms with van der Waals surface area (Å²) >= 11 is 0. The van der Waals surface area contributed by atoms with Crippen molar-refractivity contribution in [2.24, 2.45) is 11.7 Å². The van der Waals surface area contributed by atoms with Crippen LogP contribution in [0.1, 0.15) is 90.9 Å². The lowest BCUT2D eigenvalue weighted by Gasteiger charge is -2.34. The Balaban J connectivity index is 0.000000222. The van der Waals surface area contributed by atoms with Crippen LogP contribution < -0.4 is 10.5 Å². The first kappa shape index (κ1) is 35.0. The number of aromatic carboxylic acids is 1. The molecule has 0 radical (unpaired) electrons. The molecule has 0 spiro atoms. The van der Waals surface area contributed by atoms with Crippen LogP contribution in [0.3, 0.4) is 0 Å². The second-order valence-electron chi connectivity index (χ2n) is 12.7. The highest BCUT2D eigenvalue weighted by Crippen LogP contribution is 2.40. The molecular formula is C37H45F3N2O4. The monoisotopic (exact) mass is 638 g/mol. The molecule has 3 aromatic rings. The van der Waals surface area contributed by atoms with Crippen LogP contribution in [-0.4, -0.2) is 48.1 Å². The third-order valence-electron chi connectivity index (χ3n) is 8.67. The van der Waals surface area contributed by atoms with Crippen LogP contribution >= 0.6 is 0 Å². The van der Waals surface area contributed by atoms with Crippen molar-refractivity contribution in [1.82, 2.24) is 4.90 Å². The molecule has 0 bridgehead atoms. The largest absolute Gasteiger partial charge is 0.493 e. The summed E-state index contributed by atoms with van der Waals surface area (Å²) in [5.41, 5.74) is 10.4. The number of aryl methyl sites for hydroxylation is 1. The minimum Gasteiger partial charge on any atom is -0.493 e. The van der Waals surface area contributed by atoms with Gasteiger partial charge in [-0.25, -0.2) is 4.79 Å². The summed E-state index contributed by atoms with van der Waals surface area (Å²) in [6.45, 7) is 8.43. The highest BCUT2D eigenvalue weighted by molar-refractivity contribution is 5.88. The summed E-state index contributed by atoms with van der Waals surface area (Å²) in [6, 6.07) is 15.4. The van der Waals surface area contributed by atoms with Gasteiger partial charge in [-0.3, -0.25) is 4.79 Å². The predicted molar refractivity (Wildman–Crippen MR) is 174 cm³/mol. The smallest absolute Gasteiger partial charge is 0.416 e. The molecule has 0 atom stereocenters. The quantitative estimate of drug-likeness (QED) is 0.234. The third-order valence-corrected chi connectivity index (χ3v) is 8.67. The van der Waals surface area contributed by atoms with Crippen LogP contribution in [-0.2, 0) is 23.8 Å². The highest BCUT2D eigenvalue weighted by atomic mass is 19.4. The second-order valence-corrected chi connectivity index (χ2v) is 12.7. The van der Waals surface area contributed by atoms with Gasteiger partial charge in [0.1, 0.15) is 5.75 Å². The van der Waals surface area contributed by atoms with Gasteiger partial charge >= 0.3 is 12.1 Å². The van der Waals surface area contributed by atoms with Crippen molar-refractivity contribution < 1.29 is 32.6 Å². The van der Waals surface area contributed by atoms with Gasteiger partial charge in [0.05, 0.1) is 17.7 Å². The number of carbonyl (C=O) groups excluding carboxylic acids is 1. The van der Waals surface area contributed by atoms with Crippen molar-refractivity contribution in [1.29, 1.82) is 0 Å². The molecule has 0 saturated carbocycles. The fraction of sp³-hybridized carbons (Fsp3) is 0.459. The van der Waals surface area contributed by atoms with Crippen LogP contribution in [0, 0.1) is 5.92 Å². The molecule has 6 nitrogen and oxygen atoms in total. The second kappa shape index (κ2) is 16.1. The van der Waals surface area contributed by atoms with Crippen LogP contribution in [0.15, 0.2) is 60.7 Å². The number of carbonyl (C=O) groups is 2. The van der Waals surface area contributed by atoms with Crippen molar-refractivity contribution in [3.63, 3.8) is 0 Å². The molecule has 1 fully saturated rings. The molecule has 0 unspecified atom stereocenters. The Labute approximate surface area is 269 Å². The lowest BCUT2D eigenvalue weighted by Crippen LogP contribution is -2.34. The van der Waals surface area contributed by atoms with Gasteiger partial charge in [0.2, 0.25) is 5.91 Å². The van der Waals surface area contributed by atoms with Gasteiger partial charge < -0.3 is 20.5 Å². The van der Waals surface area contributed by atoms with E-state index in [1.54, 1.807) is 12.1 Å². The van der Waals surface area contributed by atoms with Gasteiger partial charge in [0.25, 0.3) is 0 Å². The van der Waals surface area contributed by atoms with Crippen LogP contribution in [0.2, 0.25) is 0 Å². The molecule has 2 aliphatic rings. The molecular weight excluding hydrogens is 593 g/mol. The minimum absolute atomic E-state index is 0.135. The maximum Gasteiger partial charge on any atom is 0.416 e. The molecule has 9 heteroatoms. The molecule has 1 amide bonds. The van der Waals surface area contributed by atoms with Crippen molar-refractivity contribution in [2.75, 3.05) is 26.2 Å². The molecule has 0 aromatic heterocycles. The van der Waals surface area contributed by atoms with Crippen molar-refractivity contribution >= 4 is 11.9 Å². The average Bonchev–Trinajstić information content (AvgIpc) is 3.04. The number of halogens is 3. The van der Waals surface area contributed by atoms with Crippen LogP contribution in [0.5, 0.6) is 5.75 Å². The zero-order valence-corrected chi connectivity index (χ0v) is 26.7. The standard InChI is InChI=1S/C23H36N2O2.C14H9F3O2/c1-17(2)16-27-23-20-7-4-3-6-18(20)9-10-21(23)19-11-14-25(15-12-19)13-5-8-22(24)26;15-14(16,17)12-7-5-10(6-8-12)9-1-3-11(4-2-9)13(18)19/h9-10,17,19H,3-8,11-16H2,1-2H3,(H2,24,26);1-8H,(H,18,19). The summed E-state index contributed by atoms with van der Waals surface area (Å²) < 4.78 is 43.6. The number of alkyl halides is 3. The average molecular weight is 639 g/mol. The molecule has 1 heterocycles. The zero-order valence-electron chi connectivity index (χ0n) is 26.7. The van der Waals surface area contributed by atoms with Gasteiger partial charge in [-0.05, 0) is 128 Å². The van der Waals surface area contributed by atoms with Gasteiger partial charge in [0.15, 0.2) is 0 Å². The van der Waals surface area contributed by atoms with E-state index in [1.165, 1.54) is 85.2 Å². The molecule has 248 valence electrons. The van der Waals surface area contributed by atoms with Gasteiger partial charge in [-0.2, -0.15) is 13.2 Å². The molecule has 1 aliphatic carbocycles. The normalized spacial score (nSPS) is 15.5. The van der Waals surface area contributed by atoms with Crippen molar-refractivity contribution in [2.45, 2.75) is 77.3 Å². The third kappa shape index (κ3) is 9.82. The van der Waals surface area contributed by atoms with E-state index in [0.29, 0.717) is 29.4 Å². The number of carboxylic acid groups (broad SMARTS) is 1. The van der Waals surface area contributed by atoms with Crippen molar-refractivity contribution in [3.05, 3.63) is 88.5 Å². The fourth-order valence-electron chi connectivity index (χ4n) is 6.16. The summed E-state index contributed by atoms with van der Waals surface area (Å²) in [6.07, 6.45) is 4.33. The van der Waals surface area contributed by atoms with Crippen LogP contribution in [0.25, 0.3) is 11.1 Å². The Morgan fingerprint density at radius 1 is 0.935 bits per heavy atom. The summed E-state index contributed by atoms with van der Waals surface area (Å²) in [5.74, 6) is 1.12. The first-order valence-electron chi connectivity index (χ1n) is 16.2. The Morgan fingerprint density at radius 3 is 2.11 bits per heavy atom. The summed E-state index contributed by atoms with van der Waals surface area (Å²) in [4.78, 5) is 24.1. The minimum atomic E-state index is -4.36. The van der Waals surface area contributed by atoms with E-state index in [-0.39, 0.29) is 11.5 Å². The van der Waals surface area contributed by atoms with E-state index in [1.807, 2.05) is 0 Å². The van der Waals surface area contributed by atoms with E-state index in [2.05, 4.69) is 30.9 Å². The number of hydrogen-bond donors (Lipinski definition) is 2. The zero-order chi connectivity index (χ0) is 33.3. The number of benzene rings is 3. The molecule has 5 rings (SSSR count). The van der Waals surface area contributed by atoms with Crippen LogP contribution in [0.4, 0.5) is 13.2 Å². The van der Waals surface area contributed by atoms with Gasteiger partial charge in [0, 0.05) is 6.42 Å². The van der Waals surface area contributed by atoms with E-state index in [0.717, 1.165) is 44.8 Å². The first-order chi connectivity index (χ1) is 21.9. The number of fused-ring (bicyclic) bond motifs is 1. The Bertz CT molecular complexity index is 1450. The van der Waals surface area contributed by atoms with Gasteiger partial charge in [-0.1, -0.05) is 50.2 Å². The lowest BCUT2D eigenvalue weighted by molar-refractivity contribution is -0.137. The number of carboxylic acids is 1. The highest BCUT2D eigenvalue weighted by Gasteiger charge is 2.30. The molecule has 1 saturated heterocycles. The number of rotatable bonds is 10. The number of piperidine rings is 1. The van der Waals surface area contributed by atoms with E-state index >= 15 is 0 Å². The number of nitrogens with zero attached hydrogens (tertiary/aromatic N) is 1.